The molecule has 0 nitrogen and oxygen atoms in total. The van der Waals surface area contributed by atoms with E-state index in [1.807, 2.05) is 7.85 Å². The van der Waals surface area contributed by atoms with Crippen LogP contribution in [0.3, 0.4) is 0 Å². The molecule has 0 aliphatic heterocycles. The average molecular weight is 178 g/mol. The molecule has 0 spiro atoms. The molecule has 0 amide bonds. The lowest BCUT2D eigenvalue weighted by molar-refractivity contribution is 1.47. The molecule has 0 aromatic heterocycles. The van der Waals surface area contributed by atoms with Crippen LogP contribution in [0.5, 0.6) is 0 Å². The summed E-state index contributed by atoms with van der Waals surface area (Å²) in [5.74, 6) is 0. The Balaban J connectivity index is 2.40. The van der Waals surface area contributed by atoms with Crippen molar-refractivity contribution in [2.45, 2.75) is 6.92 Å². The number of hydrogen-bond donors (Lipinski definition) is 0. The average Bonchev–Trinajstić information content (AvgIpc) is 2.21. The third-order valence-corrected chi connectivity index (χ3v) is 2.26. The van der Waals surface area contributed by atoms with Crippen LogP contribution in [-0.2, 0) is 0 Å². The molecule has 0 saturated carbocycles. The minimum Gasteiger partial charge on any atom is -0.0768 e. The Morgan fingerprint density at radius 1 is 0.929 bits per heavy atom. The topological polar surface area (TPSA) is 0 Å². The van der Waals surface area contributed by atoms with Crippen LogP contribution in [0.25, 0.3) is 11.1 Å². The highest BCUT2D eigenvalue weighted by molar-refractivity contribution is 6.31. The summed E-state index contributed by atoms with van der Waals surface area (Å²) < 4.78 is 0. The van der Waals surface area contributed by atoms with E-state index in [1.165, 1.54) is 11.1 Å². The molecular formula is C13H11B. The highest BCUT2D eigenvalue weighted by Crippen LogP contribution is 2.16. The highest BCUT2D eigenvalue weighted by Gasteiger charge is 1.94. The van der Waals surface area contributed by atoms with Crippen LogP contribution in [0.15, 0.2) is 36.4 Å². The van der Waals surface area contributed by atoms with Crippen LogP contribution < -0.4 is 5.46 Å². The largest absolute Gasteiger partial charge is 0.150 e. The van der Waals surface area contributed by atoms with Gasteiger partial charge in [0.15, 0.2) is 7.85 Å². The third kappa shape index (κ3) is 1.80. The van der Waals surface area contributed by atoms with Crippen molar-refractivity contribution in [3.05, 3.63) is 54.1 Å². The van der Waals surface area contributed by atoms with E-state index in [9.17, 15) is 0 Å². The Labute approximate surface area is 86.0 Å². The molecule has 0 aliphatic carbocycles. The molecule has 0 saturated heterocycles. The third-order valence-electron chi connectivity index (χ3n) is 2.26. The first-order chi connectivity index (χ1) is 6.75. The van der Waals surface area contributed by atoms with Crippen LogP contribution in [0.1, 0.15) is 5.56 Å². The molecule has 0 bridgehead atoms. The maximum atomic E-state index is 3.15. The second kappa shape index (κ2) is 3.60. The fraction of sp³-hybridized carbons (Fsp3) is 0.0769. The lowest BCUT2D eigenvalue weighted by Crippen LogP contribution is -1.97. The first-order valence-electron chi connectivity index (χ1n) is 4.73. The van der Waals surface area contributed by atoms with Gasteiger partial charge in [-0.05, 0) is 24.0 Å². The van der Waals surface area contributed by atoms with Gasteiger partial charge in [-0.25, -0.2) is 0 Å². The molecule has 14 heavy (non-hydrogen) atoms. The Morgan fingerprint density at radius 2 is 1.64 bits per heavy atom. The number of hydrogen-bond acceptors (Lipinski definition) is 0. The molecule has 2 aromatic carbocycles. The summed E-state index contributed by atoms with van der Waals surface area (Å²) in [6.07, 6.45) is 0. The fourth-order valence-corrected chi connectivity index (χ4v) is 1.36. The molecule has 1 heteroatoms. The molecular weight excluding hydrogens is 167 g/mol. The van der Waals surface area contributed by atoms with Gasteiger partial charge in [0.25, 0.3) is 0 Å². The summed E-state index contributed by atoms with van der Waals surface area (Å²) in [5.41, 5.74) is 4.72. The van der Waals surface area contributed by atoms with Gasteiger partial charge >= 0.3 is 0 Å². The van der Waals surface area contributed by atoms with Gasteiger partial charge in [0.05, 0.1) is 0 Å². The van der Waals surface area contributed by atoms with Crippen molar-refractivity contribution in [2.24, 2.45) is 0 Å². The van der Waals surface area contributed by atoms with E-state index in [2.05, 4.69) is 55.5 Å². The van der Waals surface area contributed by atoms with Gasteiger partial charge in [0.1, 0.15) is 0 Å². The molecule has 0 aliphatic rings. The fourth-order valence-electron chi connectivity index (χ4n) is 1.36. The van der Waals surface area contributed by atoms with Crippen molar-refractivity contribution < 1.29 is 0 Å². The number of rotatable bonds is 1. The highest BCUT2D eigenvalue weighted by atomic mass is 14.0. The first kappa shape index (κ1) is 8.90. The zero-order chi connectivity index (χ0) is 9.97. The monoisotopic (exact) mass is 178 g/mol. The summed E-state index contributed by atoms with van der Waals surface area (Å²) in [7, 11) is 2.02. The standard InChI is InChI=1S/C13H11B/c1-10-2-4-11(5-3-10)12-6-8-13(14)9-7-12/h2-6,8H,14H2,1H3. The smallest absolute Gasteiger partial charge is 0.0768 e. The van der Waals surface area contributed by atoms with Gasteiger partial charge in [0, 0.05) is 5.56 Å². The van der Waals surface area contributed by atoms with Gasteiger partial charge in [-0.3, -0.25) is 0 Å². The summed E-state index contributed by atoms with van der Waals surface area (Å²) in [6, 6.07) is 18.8. The summed E-state index contributed by atoms with van der Waals surface area (Å²) in [4.78, 5) is 0. The molecule has 0 unspecified atom stereocenters. The van der Waals surface area contributed by atoms with Crippen molar-refractivity contribution in [2.75, 3.05) is 0 Å². The van der Waals surface area contributed by atoms with Crippen LogP contribution in [0, 0.1) is 19.1 Å². The van der Waals surface area contributed by atoms with Gasteiger partial charge in [-0.1, -0.05) is 48.0 Å². The van der Waals surface area contributed by atoms with Gasteiger partial charge in [-0.15, -0.1) is 0 Å². The second-order valence-electron chi connectivity index (χ2n) is 3.55. The van der Waals surface area contributed by atoms with E-state index in [-0.39, 0.29) is 0 Å². The summed E-state index contributed by atoms with van der Waals surface area (Å²) in [5, 5.41) is 0. The molecule has 2 rings (SSSR count). The predicted octanol–water partition coefficient (Wildman–Crippen LogP) is 1.52. The lowest BCUT2D eigenvalue weighted by Gasteiger charge is -1.98. The van der Waals surface area contributed by atoms with Gasteiger partial charge in [-0.2, -0.15) is 0 Å². The van der Waals surface area contributed by atoms with Gasteiger partial charge < -0.3 is 0 Å². The molecule has 0 radical (unpaired) electrons. The van der Waals surface area contributed by atoms with Crippen molar-refractivity contribution in [3.63, 3.8) is 0 Å². The van der Waals surface area contributed by atoms with E-state index < -0.39 is 0 Å². The van der Waals surface area contributed by atoms with E-state index in [0.717, 1.165) is 11.0 Å². The molecule has 0 fully saturated rings. The molecule has 0 atom stereocenters. The zero-order valence-electron chi connectivity index (χ0n) is 8.46. The minimum absolute atomic E-state index is 1.11. The number of benzene rings is 1. The SMILES string of the molecule is Bc1c#cc(-c2ccc(C)cc2)cc1. The molecule has 2 aromatic rings. The second-order valence-corrected chi connectivity index (χ2v) is 3.55. The van der Waals surface area contributed by atoms with Crippen molar-refractivity contribution in [3.8, 4) is 11.1 Å². The van der Waals surface area contributed by atoms with E-state index >= 15 is 0 Å². The maximum absolute atomic E-state index is 3.15. The van der Waals surface area contributed by atoms with E-state index in [0.29, 0.717) is 0 Å². The van der Waals surface area contributed by atoms with E-state index in [1.54, 1.807) is 0 Å². The van der Waals surface area contributed by atoms with Crippen molar-refractivity contribution >= 4 is 13.3 Å². The lowest BCUT2D eigenvalue weighted by atomic mass is 9.96. The zero-order valence-corrected chi connectivity index (χ0v) is 8.46. The van der Waals surface area contributed by atoms with Crippen LogP contribution >= 0.6 is 0 Å². The molecule has 66 valence electrons. The summed E-state index contributed by atoms with van der Waals surface area (Å²) in [6.45, 7) is 2.09. The van der Waals surface area contributed by atoms with Crippen LogP contribution in [-0.4, -0.2) is 7.85 Å². The van der Waals surface area contributed by atoms with Crippen molar-refractivity contribution in [1.82, 2.24) is 0 Å². The Hall–Kier alpha value is -1.68. The molecule has 0 N–H and O–H groups in total. The normalized spacial score (nSPS) is 9.50. The van der Waals surface area contributed by atoms with Crippen LogP contribution in [0.2, 0.25) is 0 Å². The van der Waals surface area contributed by atoms with Crippen molar-refractivity contribution in [1.29, 1.82) is 0 Å². The van der Waals surface area contributed by atoms with Crippen LogP contribution in [0.4, 0.5) is 0 Å². The Morgan fingerprint density at radius 3 is 2.21 bits per heavy atom. The van der Waals surface area contributed by atoms with Gasteiger partial charge in [0.2, 0.25) is 0 Å². The molecule has 0 heterocycles. The Kier molecular flexibility index (Phi) is 2.29. The quantitative estimate of drug-likeness (QED) is 0.580. The number of aryl methyl sites for hydroxylation is 1. The van der Waals surface area contributed by atoms with E-state index in [4.69, 9.17) is 0 Å². The first-order valence-corrected chi connectivity index (χ1v) is 4.73. The Bertz CT molecular complexity index is 368. The summed E-state index contributed by atoms with van der Waals surface area (Å²) >= 11 is 0. The minimum atomic E-state index is 1.11. The predicted molar refractivity (Wildman–Crippen MR) is 62.5 cm³/mol. The maximum Gasteiger partial charge on any atom is 0.150 e.